The fraction of sp³-hybridized carbons (Fsp3) is 0.350. The van der Waals surface area contributed by atoms with E-state index in [2.05, 4.69) is 17.4 Å². The molecule has 1 amide bonds. The van der Waals surface area contributed by atoms with Crippen LogP contribution >= 0.6 is 0 Å². The summed E-state index contributed by atoms with van der Waals surface area (Å²) in [4.78, 5) is 12.0. The number of hydrogen-bond acceptors (Lipinski definition) is 3. The molecule has 0 spiro atoms. The van der Waals surface area contributed by atoms with Crippen LogP contribution < -0.4 is 14.8 Å². The molecule has 2 aromatic carbocycles. The summed E-state index contributed by atoms with van der Waals surface area (Å²) in [5.41, 5.74) is 2.01. The molecule has 4 nitrogen and oxygen atoms in total. The summed E-state index contributed by atoms with van der Waals surface area (Å²) in [5.74, 6) is 1.95. The normalized spacial score (nSPS) is 14.9. The monoisotopic (exact) mass is 325 g/mol. The highest BCUT2D eigenvalue weighted by atomic mass is 16.6. The predicted molar refractivity (Wildman–Crippen MR) is 94.9 cm³/mol. The lowest BCUT2D eigenvalue weighted by atomic mass is 9.84. The third kappa shape index (κ3) is 4.28. The number of carbonyl (C=O) groups excluding carboxylic acids is 1. The lowest BCUT2D eigenvalue weighted by molar-refractivity contribution is 0.215. The molecule has 0 aromatic heterocycles. The Morgan fingerprint density at radius 1 is 0.917 bits per heavy atom. The first-order valence-corrected chi connectivity index (χ1v) is 8.47. The number of methoxy groups -OCH3 is 1. The van der Waals surface area contributed by atoms with Crippen LogP contribution in [0.4, 0.5) is 10.5 Å². The number of anilines is 1. The summed E-state index contributed by atoms with van der Waals surface area (Å²) in [5, 5.41) is 2.70. The van der Waals surface area contributed by atoms with E-state index in [1.807, 2.05) is 12.1 Å². The number of rotatable bonds is 4. The van der Waals surface area contributed by atoms with E-state index < -0.39 is 6.09 Å². The second-order valence-electron chi connectivity index (χ2n) is 6.15. The molecule has 0 heterocycles. The molecule has 0 aliphatic heterocycles. The third-order valence-electron chi connectivity index (χ3n) is 4.50. The smallest absolute Gasteiger partial charge is 0.417 e. The fourth-order valence-electron chi connectivity index (χ4n) is 3.17. The molecule has 24 heavy (non-hydrogen) atoms. The molecule has 0 bridgehead atoms. The topological polar surface area (TPSA) is 47.6 Å². The van der Waals surface area contributed by atoms with Crippen molar-refractivity contribution >= 4 is 11.8 Å². The molecule has 0 saturated heterocycles. The first-order chi connectivity index (χ1) is 11.7. The Morgan fingerprint density at radius 2 is 1.54 bits per heavy atom. The van der Waals surface area contributed by atoms with Crippen LogP contribution in [-0.4, -0.2) is 13.2 Å². The van der Waals surface area contributed by atoms with Gasteiger partial charge in [-0.2, -0.15) is 0 Å². The van der Waals surface area contributed by atoms with Crippen molar-refractivity contribution in [2.45, 2.75) is 38.0 Å². The van der Waals surface area contributed by atoms with Gasteiger partial charge in [0.05, 0.1) is 7.11 Å². The molecule has 1 N–H and O–H groups in total. The van der Waals surface area contributed by atoms with E-state index >= 15 is 0 Å². The van der Waals surface area contributed by atoms with Crippen LogP contribution in [0.25, 0.3) is 0 Å². The van der Waals surface area contributed by atoms with Crippen LogP contribution in [0.15, 0.2) is 48.5 Å². The van der Waals surface area contributed by atoms with Crippen molar-refractivity contribution in [3.63, 3.8) is 0 Å². The quantitative estimate of drug-likeness (QED) is 0.824. The molecule has 0 atom stereocenters. The zero-order chi connectivity index (χ0) is 16.8. The van der Waals surface area contributed by atoms with E-state index in [-0.39, 0.29) is 0 Å². The molecule has 1 saturated carbocycles. The number of nitrogens with one attached hydrogen (secondary N) is 1. The Hall–Kier alpha value is -2.49. The van der Waals surface area contributed by atoms with E-state index in [0.29, 0.717) is 17.4 Å². The molecule has 126 valence electrons. The lowest BCUT2D eigenvalue weighted by Gasteiger charge is -2.22. The van der Waals surface area contributed by atoms with Gasteiger partial charge in [0.25, 0.3) is 0 Å². The minimum Gasteiger partial charge on any atom is -0.497 e. The van der Waals surface area contributed by atoms with Gasteiger partial charge in [-0.3, -0.25) is 5.32 Å². The molecule has 2 aromatic rings. The first-order valence-electron chi connectivity index (χ1n) is 8.47. The average molecular weight is 325 g/mol. The molecule has 4 heteroatoms. The van der Waals surface area contributed by atoms with Crippen LogP contribution in [0.2, 0.25) is 0 Å². The number of carbonyl (C=O) groups is 1. The van der Waals surface area contributed by atoms with Gasteiger partial charge in [-0.15, -0.1) is 0 Å². The van der Waals surface area contributed by atoms with E-state index in [1.54, 1.807) is 31.4 Å². The van der Waals surface area contributed by atoms with Gasteiger partial charge in [0.15, 0.2) is 0 Å². The minimum atomic E-state index is -0.495. The van der Waals surface area contributed by atoms with Gasteiger partial charge >= 0.3 is 6.09 Å². The highest BCUT2D eigenvalue weighted by Gasteiger charge is 2.15. The van der Waals surface area contributed by atoms with Crippen molar-refractivity contribution in [2.24, 2.45) is 0 Å². The maximum Gasteiger partial charge on any atom is 0.417 e. The summed E-state index contributed by atoms with van der Waals surface area (Å²) in [6, 6.07) is 15.0. The Kier molecular flexibility index (Phi) is 5.36. The van der Waals surface area contributed by atoms with Crippen LogP contribution in [0.1, 0.15) is 43.6 Å². The predicted octanol–water partition coefficient (Wildman–Crippen LogP) is 5.35. The second kappa shape index (κ2) is 7.86. The van der Waals surface area contributed by atoms with Gasteiger partial charge in [-0.1, -0.05) is 31.4 Å². The summed E-state index contributed by atoms with van der Waals surface area (Å²) in [7, 11) is 1.60. The number of amides is 1. The Labute approximate surface area is 142 Å². The number of ether oxygens (including phenoxy) is 2. The van der Waals surface area contributed by atoms with Crippen LogP contribution in [0.3, 0.4) is 0 Å². The van der Waals surface area contributed by atoms with Gasteiger partial charge in [0.2, 0.25) is 0 Å². The maximum atomic E-state index is 12.0. The van der Waals surface area contributed by atoms with Gasteiger partial charge in [0, 0.05) is 5.69 Å². The molecule has 1 fully saturated rings. The van der Waals surface area contributed by atoms with Crippen molar-refractivity contribution in [3.8, 4) is 11.5 Å². The highest BCUT2D eigenvalue weighted by Crippen LogP contribution is 2.33. The SMILES string of the molecule is COc1ccc(NC(=O)Oc2ccc(C3CCCCC3)cc2)cc1. The molecule has 1 aliphatic rings. The van der Waals surface area contributed by atoms with Crippen LogP contribution in [0.5, 0.6) is 11.5 Å². The molecular weight excluding hydrogens is 302 g/mol. The van der Waals surface area contributed by atoms with Gasteiger partial charge < -0.3 is 9.47 Å². The minimum absolute atomic E-state index is 0.495. The van der Waals surface area contributed by atoms with Crippen molar-refractivity contribution in [1.29, 1.82) is 0 Å². The molecular formula is C20H23NO3. The molecule has 0 radical (unpaired) electrons. The van der Waals surface area contributed by atoms with Gasteiger partial charge in [0.1, 0.15) is 11.5 Å². The van der Waals surface area contributed by atoms with E-state index in [0.717, 1.165) is 5.75 Å². The van der Waals surface area contributed by atoms with Crippen molar-refractivity contribution < 1.29 is 14.3 Å². The standard InChI is InChI=1S/C20H23NO3/c1-23-18-13-9-17(10-14-18)21-20(22)24-19-11-7-16(8-12-19)15-5-3-2-4-6-15/h7-15H,2-6H2,1H3,(H,21,22). The molecule has 0 unspecified atom stereocenters. The fourth-order valence-corrected chi connectivity index (χ4v) is 3.17. The second-order valence-corrected chi connectivity index (χ2v) is 6.15. The van der Waals surface area contributed by atoms with Gasteiger partial charge in [-0.25, -0.2) is 4.79 Å². The molecule has 3 rings (SSSR count). The number of hydrogen-bond donors (Lipinski definition) is 1. The third-order valence-corrected chi connectivity index (χ3v) is 4.50. The summed E-state index contributed by atoms with van der Waals surface area (Å²) in [6.07, 6.45) is 6.01. The summed E-state index contributed by atoms with van der Waals surface area (Å²) < 4.78 is 10.4. The Morgan fingerprint density at radius 3 is 2.17 bits per heavy atom. The van der Waals surface area contributed by atoms with E-state index in [9.17, 15) is 4.79 Å². The van der Waals surface area contributed by atoms with Crippen LogP contribution in [0, 0.1) is 0 Å². The van der Waals surface area contributed by atoms with Crippen molar-refractivity contribution in [2.75, 3.05) is 12.4 Å². The Bertz CT molecular complexity index is 658. The van der Waals surface area contributed by atoms with Gasteiger partial charge in [-0.05, 0) is 60.7 Å². The lowest BCUT2D eigenvalue weighted by Crippen LogP contribution is -2.16. The Balaban J connectivity index is 1.55. The first kappa shape index (κ1) is 16.4. The van der Waals surface area contributed by atoms with Crippen LogP contribution in [-0.2, 0) is 0 Å². The number of benzene rings is 2. The average Bonchev–Trinajstić information content (AvgIpc) is 2.64. The van der Waals surface area contributed by atoms with Crippen molar-refractivity contribution in [1.82, 2.24) is 0 Å². The van der Waals surface area contributed by atoms with E-state index in [4.69, 9.17) is 9.47 Å². The largest absolute Gasteiger partial charge is 0.497 e. The van der Waals surface area contributed by atoms with Crippen molar-refractivity contribution in [3.05, 3.63) is 54.1 Å². The summed E-state index contributed by atoms with van der Waals surface area (Å²) in [6.45, 7) is 0. The summed E-state index contributed by atoms with van der Waals surface area (Å²) >= 11 is 0. The molecule has 1 aliphatic carbocycles. The van der Waals surface area contributed by atoms with E-state index in [1.165, 1.54) is 37.7 Å². The highest BCUT2D eigenvalue weighted by molar-refractivity contribution is 5.86. The zero-order valence-electron chi connectivity index (χ0n) is 14.0. The maximum absolute atomic E-state index is 12.0. The zero-order valence-corrected chi connectivity index (χ0v) is 14.0.